The molecule has 0 radical (unpaired) electrons. The Kier molecular flexibility index (Phi) is 4.21. The third-order valence-electron chi connectivity index (χ3n) is 3.39. The first-order valence-electron chi connectivity index (χ1n) is 6.36. The van der Waals surface area contributed by atoms with Crippen LogP contribution in [0.4, 0.5) is 0 Å². The summed E-state index contributed by atoms with van der Waals surface area (Å²) in [5.74, 6) is 1.13. The minimum Gasteiger partial charge on any atom is -0.496 e. The van der Waals surface area contributed by atoms with Crippen LogP contribution in [-0.2, 0) is 11.2 Å². The Bertz CT molecular complexity index is 398. The van der Waals surface area contributed by atoms with Crippen molar-refractivity contribution < 1.29 is 4.74 Å². The van der Waals surface area contributed by atoms with E-state index in [1.165, 1.54) is 11.1 Å². The highest BCUT2D eigenvalue weighted by atomic mass is 16.5. The molecule has 1 heterocycles. The fourth-order valence-corrected chi connectivity index (χ4v) is 2.30. The van der Waals surface area contributed by atoms with Crippen molar-refractivity contribution in [3.05, 3.63) is 47.2 Å². The fourth-order valence-electron chi connectivity index (χ4n) is 2.30. The molecule has 17 heavy (non-hydrogen) atoms. The number of ether oxygens (including phenoxy) is 1. The minimum atomic E-state index is 0.358. The van der Waals surface area contributed by atoms with Gasteiger partial charge in [0.15, 0.2) is 0 Å². The van der Waals surface area contributed by atoms with Gasteiger partial charge in [-0.3, -0.25) is 0 Å². The van der Waals surface area contributed by atoms with E-state index in [-0.39, 0.29) is 0 Å². The van der Waals surface area contributed by atoms with Crippen molar-refractivity contribution in [2.75, 3.05) is 13.7 Å². The molecule has 2 nitrogen and oxygen atoms in total. The molecule has 92 valence electrons. The fraction of sp³-hybridized carbons (Fsp3) is 0.467. The summed E-state index contributed by atoms with van der Waals surface area (Å²) in [5, 5.41) is 3.34. The van der Waals surface area contributed by atoms with E-state index in [0.29, 0.717) is 6.04 Å². The number of benzene rings is 1. The molecule has 0 spiro atoms. The minimum absolute atomic E-state index is 0.358. The highest BCUT2D eigenvalue weighted by molar-refractivity contribution is 5.26. The lowest BCUT2D eigenvalue weighted by Crippen LogP contribution is -2.28. The van der Waals surface area contributed by atoms with Gasteiger partial charge in [-0.2, -0.15) is 0 Å². The maximum atomic E-state index is 5.62. The van der Waals surface area contributed by atoms with Gasteiger partial charge in [0.2, 0.25) is 0 Å². The Hall–Kier alpha value is -1.28. The van der Waals surface area contributed by atoms with Crippen molar-refractivity contribution in [1.29, 1.82) is 0 Å². The van der Waals surface area contributed by atoms with Gasteiger partial charge in [0.25, 0.3) is 0 Å². The number of nitrogens with one attached hydrogen (secondary N) is 1. The number of hydrogen-bond donors (Lipinski definition) is 1. The van der Waals surface area contributed by atoms with Gasteiger partial charge in [0.1, 0.15) is 5.76 Å². The SMILES string of the molecule is CNC(CCc1ccccc1C)C1=CCCO1. The summed E-state index contributed by atoms with van der Waals surface area (Å²) in [6.07, 6.45) is 5.45. The van der Waals surface area contributed by atoms with E-state index >= 15 is 0 Å². The zero-order valence-corrected chi connectivity index (χ0v) is 10.7. The van der Waals surface area contributed by atoms with Crippen LogP contribution in [0.3, 0.4) is 0 Å². The Morgan fingerprint density at radius 3 is 2.82 bits per heavy atom. The van der Waals surface area contributed by atoms with Crippen LogP contribution in [0.2, 0.25) is 0 Å². The van der Waals surface area contributed by atoms with Crippen molar-refractivity contribution >= 4 is 0 Å². The van der Waals surface area contributed by atoms with Crippen molar-refractivity contribution in [3.63, 3.8) is 0 Å². The first kappa shape index (κ1) is 12.2. The molecule has 2 rings (SSSR count). The van der Waals surface area contributed by atoms with Crippen LogP contribution in [-0.4, -0.2) is 19.7 Å². The van der Waals surface area contributed by atoms with Crippen molar-refractivity contribution in [2.45, 2.75) is 32.2 Å². The van der Waals surface area contributed by atoms with E-state index in [1.54, 1.807) is 0 Å². The van der Waals surface area contributed by atoms with Gasteiger partial charge in [-0.05, 0) is 44.0 Å². The van der Waals surface area contributed by atoms with Crippen molar-refractivity contribution in [3.8, 4) is 0 Å². The predicted molar refractivity (Wildman–Crippen MR) is 71.0 cm³/mol. The number of likely N-dealkylation sites (N-methyl/N-ethyl adjacent to an activating group) is 1. The van der Waals surface area contributed by atoms with Gasteiger partial charge in [-0.1, -0.05) is 24.3 Å². The van der Waals surface area contributed by atoms with E-state index in [4.69, 9.17) is 4.74 Å². The van der Waals surface area contributed by atoms with Crippen LogP contribution < -0.4 is 5.32 Å². The smallest absolute Gasteiger partial charge is 0.109 e. The van der Waals surface area contributed by atoms with Crippen LogP contribution in [0.5, 0.6) is 0 Å². The molecular formula is C15H21NO. The second kappa shape index (κ2) is 5.87. The Labute approximate surface area is 104 Å². The van der Waals surface area contributed by atoms with Gasteiger partial charge < -0.3 is 10.1 Å². The summed E-state index contributed by atoms with van der Waals surface area (Å²) < 4.78 is 5.62. The molecule has 1 aliphatic heterocycles. The summed E-state index contributed by atoms with van der Waals surface area (Å²) in [6, 6.07) is 8.96. The van der Waals surface area contributed by atoms with Crippen LogP contribution in [0.15, 0.2) is 36.1 Å². The largest absolute Gasteiger partial charge is 0.496 e. The standard InChI is InChI=1S/C15H21NO/c1-12-6-3-4-7-13(12)9-10-14(16-2)15-8-5-11-17-15/h3-4,6-8,14,16H,5,9-11H2,1-2H3. The van der Waals surface area contributed by atoms with Crippen molar-refractivity contribution in [1.82, 2.24) is 5.32 Å². The molecule has 0 saturated heterocycles. The molecule has 1 unspecified atom stereocenters. The lowest BCUT2D eigenvalue weighted by molar-refractivity contribution is 0.214. The molecule has 0 amide bonds. The number of rotatable bonds is 5. The molecule has 0 saturated carbocycles. The van der Waals surface area contributed by atoms with Crippen molar-refractivity contribution in [2.24, 2.45) is 0 Å². The van der Waals surface area contributed by atoms with Crippen LogP contribution >= 0.6 is 0 Å². The van der Waals surface area contributed by atoms with Gasteiger partial charge in [-0.15, -0.1) is 0 Å². The summed E-state index contributed by atoms with van der Waals surface area (Å²) in [7, 11) is 2.00. The van der Waals surface area contributed by atoms with Crippen LogP contribution in [0.25, 0.3) is 0 Å². The summed E-state index contributed by atoms with van der Waals surface area (Å²) >= 11 is 0. The van der Waals surface area contributed by atoms with E-state index < -0.39 is 0 Å². The first-order valence-corrected chi connectivity index (χ1v) is 6.36. The first-order chi connectivity index (χ1) is 8.31. The Morgan fingerprint density at radius 1 is 1.35 bits per heavy atom. The van der Waals surface area contributed by atoms with Gasteiger partial charge >= 0.3 is 0 Å². The third-order valence-corrected chi connectivity index (χ3v) is 3.39. The summed E-state index contributed by atoms with van der Waals surface area (Å²) in [4.78, 5) is 0. The molecule has 0 fully saturated rings. The lowest BCUT2D eigenvalue weighted by Gasteiger charge is -2.17. The monoisotopic (exact) mass is 231 g/mol. The van der Waals surface area contributed by atoms with E-state index in [2.05, 4.69) is 42.6 Å². The molecule has 2 heteroatoms. The Balaban J connectivity index is 1.94. The number of aryl methyl sites for hydroxylation is 2. The third kappa shape index (κ3) is 3.10. The average Bonchev–Trinajstić information content (AvgIpc) is 2.86. The lowest BCUT2D eigenvalue weighted by atomic mass is 10.0. The highest BCUT2D eigenvalue weighted by Crippen LogP contribution is 2.18. The summed E-state index contributed by atoms with van der Waals surface area (Å²) in [5.41, 5.74) is 2.81. The highest BCUT2D eigenvalue weighted by Gasteiger charge is 2.16. The van der Waals surface area contributed by atoms with Gasteiger partial charge in [0.05, 0.1) is 12.6 Å². The van der Waals surface area contributed by atoms with E-state index in [1.807, 2.05) is 7.05 Å². The molecule has 0 aliphatic carbocycles. The van der Waals surface area contributed by atoms with Gasteiger partial charge in [0, 0.05) is 6.42 Å². The molecule has 0 bridgehead atoms. The second-order valence-corrected chi connectivity index (χ2v) is 4.55. The quantitative estimate of drug-likeness (QED) is 0.841. The molecule has 1 aromatic rings. The summed E-state index contributed by atoms with van der Waals surface area (Å²) in [6.45, 7) is 3.02. The predicted octanol–water partition coefficient (Wildman–Crippen LogP) is 2.82. The topological polar surface area (TPSA) is 21.3 Å². The molecule has 1 N–H and O–H groups in total. The maximum absolute atomic E-state index is 5.62. The Morgan fingerprint density at radius 2 is 2.18 bits per heavy atom. The average molecular weight is 231 g/mol. The zero-order chi connectivity index (χ0) is 12.1. The van der Waals surface area contributed by atoms with E-state index in [0.717, 1.165) is 31.6 Å². The van der Waals surface area contributed by atoms with Crippen LogP contribution in [0.1, 0.15) is 24.0 Å². The molecule has 1 aliphatic rings. The van der Waals surface area contributed by atoms with Gasteiger partial charge in [-0.25, -0.2) is 0 Å². The molecule has 1 aromatic carbocycles. The zero-order valence-electron chi connectivity index (χ0n) is 10.7. The number of hydrogen-bond acceptors (Lipinski definition) is 2. The van der Waals surface area contributed by atoms with Crippen LogP contribution in [0, 0.1) is 6.92 Å². The molecule has 0 aromatic heterocycles. The molecular weight excluding hydrogens is 210 g/mol. The van der Waals surface area contributed by atoms with E-state index in [9.17, 15) is 0 Å². The second-order valence-electron chi connectivity index (χ2n) is 4.55. The maximum Gasteiger partial charge on any atom is 0.109 e. The normalized spacial score (nSPS) is 16.5. The molecule has 1 atom stereocenters.